The number of anilines is 1. The van der Waals surface area contributed by atoms with Crippen LogP contribution in [0.15, 0.2) is 28.7 Å². The summed E-state index contributed by atoms with van der Waals surface area (Å²) in [5.41, 5.74) is 3.18. The number of aromatic nitrogens is 1. The minimum Gasteiger partial charge on any atom is -0.405 e. The van der Waals surface area contributed by atoms with Crippen LogP contribution in [0.5, 0.6) is 5.75 Å². The fourth-order valence-electron chi connectivity index (χ4n) is 1.40. The third kappa shape index (κ3) is 4.71. The molecule has 0 aliphatic rings. The van der Waals surface area contributed by atoms with E-state index in [0.29, 0.717) is 5.13 Å². The molecule has 1 aromatic carbocycles. The largest absolute Gasteiger partial charge is 0.573 e. The maximum atomic E-state index is 13.1. The van der Waals surface area contributed by atoms with E-state index in [9.17, 15) is 17.6 Å². The van der Waals surface area contributed by atoms with E-state index >= 15 is 0 Å². The standard InChI is InChI=1S/C12H9F4N3OS/c1-7-6-21-11(18-7)19-17-5-8-4-9(13)2-3-10(8)20-12(14,15)16/h2-6H,1H3,(H,18,19). The molecule has 0 unspecified atom stereocenters. The molecule has 0 bridgehead atoms. The highest BCUT2D eigenvalue weighted by Crippen LogP contribution is 2.26. The molecule has 0 amide bonds. The summed E-state index contributed by atoms with van der Waals surface area (Å²) in [7, 11) is 0. The van der Waals surface area contributed by atoms with Crippen molar-refractivity contribution in [3.63, 3.8) is 0 Å². The van der Waals surface area contributed by atoms with Crippen LogP contribution in [-0.2, 0) is 0 Å². The minimum absolute atomic E-state index is 0.145. The molecule has 0 fully saturated rings. The number of hydrazone groups is 1. The lowest BCUT2D eigenvalue weighted by atomic mass is 10.2. The molecule has 112 valence electrons. The van der Waals surface area contributed by atoms with Crippen LogP contribution in [0, 0.1) is 12.7 Å². The molecule has 2 rings (SSSR count). The molecule has 0 saturated heterocycles. The van der Waals surface area contributed by atoms with Crippen molar-refractivity contribution in [2.24, 2.45) is 5.10 Å². The number of hydrogen-bond donors (Lipinski definition) is 1. The second-order valence-electron chi connectivity index (χ2n) is 3.89. The average Bonchev–Trinajstić information content (AvgIpc) is 2.77. The van der Waals surface area contributed by atoms with Crippen LogP contribution in [0.4, 0.5) is 22.7 Å². The van der Waals surface area contributed by atoms with Gasteiger partial charge in [-0.3, -0.25) is 5.43 Å². The quantitative estimate of drug-likeness (QED) is 0.527. The zero-order valence-electron chi connectivity index (χ0n) is 10.6. The van der Waals surface area contributed by atoms with E-state index in [2.05, 4.69) is 20.2 Å². The lowest BCUT2D eigenvalue weighted by molar-refractivity contribution is -0.274. The van der Waals surface area contributed by atoms with Crippen LogP contribution in [0.25, 0.3) is 0 Å². The number of ether oxygens (including phenoxy) is 1. The lowest BCUT2D eigenvalue weighted by Crippen LogP contribution is -2.18. The molecular weight excluding hydrogens is 310 g/mol. The van der Waals surface area contributed by atoms with Crippen molar-refractivity contribution in [3.8, 4) is 5.75 Å². The lowest BCUT2D eigenvalue weighted by Gasteiger charge is -2.10. The van der Waals surface area contributed by atoms with Gasteiger partial charge in [0.1, 0.15) is 11.6 Å². The first kappa shape index (κ1) is 15.2. The van der Waals surface area contributed by atoms with Gasteiger partial charge in [0.15, 0.2) is 0 Å². The van der Waals surface area contributed by atoms with E-state index in [1.54, 1.807) is 12.3 Å². The highest BCUT2D eigenvalue weighted by molar-refractivity contribution is 7.13. The zero-order chi connectivity index (χ0) is 15.5. The fourth-order valence-corrected chi connectivity index (χ4v) is 2.04. The van der Waals surface area contributed by atoms with Crippen molar-refractivity contribution >= 4 is 22.7 Å². The Labute approximate surface area is 121 Å². The number of aryl methyl sites for hydroxylation is 1. The average molecular weight is 319 g/mol. The highest BCUT2D eigenvalue weighted by atomic mass is 32.1. The van der Waals surface area contributed by atoms with Crippen LogP contribution in [0.3, 0.4) is 0 Å². The summed E-state index contributed by atoms with van der Waals surface area (Å²) in [6.45, 7) is 1.78. The molecule has 9 heteroatoms. The van der Waals surface area contributed by atoms with Gasteiger partial charge < -0.3 is 4.74 Å². The molecule has 0 radical (unpaired) electrons. The number of nitrogens with zero attached hydrogens (tertiary/aromatic N) is 2. The summed E-state index contributed by atoms with van der Waals surface area (Å²) in [5, 5.41) is 5.96. The summed E-state index contributed by atoms with van der Waals surface area (Å²) in [6.07, 6.45) is -3.83. The summed E-state index contributed by atoms with van der Waals surface area (Å²) < 4.78 is 53.6. The first-order valence-corrected chi connectivity index (χ1v) is 6.48. The van der Waals surface area contributed by atoms with Crippen LogP contribution in [0.1, 0.15) is 11.3 Å². The fraction of sp³-hybridized carbons (Fsp3) is 0.167. The Morgan fingerprint density at radius 3 is 2.76 bits per heavy atom. The van der Waals surface area contributed by atoms with E-state index < -0.39 is 17.9 Å². The van der Waals surface area contributed by atoms with Gasteiger partial charge >= 0.3 is 6.36 Å². The number of alkyl halides is 3. The summed E-state index contributed by atoms with van der Waals surface area (Å²) in [6, 6.07) is 2.65. The van der Waals surface area contributed by atoms with Gasteiger partial charge in [0.2, 0.25) is 5.13 Å². The molecule has 1 heterocycles. The topological polar surface area (TPSA) is 46.5 Å². The molecule has 0 saturated carbocycles. The number of nitrogens with one attached hydrogen (secondary N) is 1. The zero-order valence-corrected chi connectivity index (χ0v) is 11.4. The maximum Gasteiger partial charge on any atom is 0.573 e. The molecule has 0 aliphatic heterocycles. The van der Waals surface area contributed by atoms with Gasteiger partial charge in [-0.15, -0.1) is 24.5 Å². The number of benzene rings is 1. The Morgan fingerprint density at radius 1 is 1.38 bits per heavy atom. The molecule has 0 atom stereocenters. The molecule has 21 heavy (non-hydrogen) atoms. The highest BCUT2D eigenvalue weighted by Gasteiger charge is 2.32. The molecule has 1 aromatic heterocycles. The summed E-state index contributed by atoms with van der Waals surface area (Å²) in [5.74, 6) is -1.24. The minimum atomic E-state index is -4.86. The Balaban J connectivity index is 2.15. The second-order valence-corrected chi connectivity index (χ2v) is 4.75. The molecule has 1 N–H and O–H groups in total. The Hall–Kier alpha value is -2.16. The first-order chi connectivity index (χ1) is 9.83. The number of rotatable bonds is 4. The van der Waals surface area contributed by atoms with Crippen LogP contribution < -0.4 is 10.2 Å². The second kappa shape index (κ2) is 6.08. The van der Waals surface area contributed by atoms with E-state index in [1.165, 1.54) is 11.3 Å². The SMILES string of the molecule is Cc1csc(NN=Cc2cc(F)ccc2OC(F)(F)F)n1. The number of thiazole rings is 1. The van der Waals surface area contributed by atoms with E-state index in [4.69, 9.17) is 0 Å². The van der Waals surface area contributed by atoms with Crippen LogP contribution in [-0.4, -0.2) is 17.6 Å². The van der Waals surface area contributed by atoms with E-state index in [1.807, 2.05) is 0 Å². The van der Waals surface area contributed by atoms with Crippen LogP contribution >= 0.6 is 11.3 Å². The summed E-state index contributed by atoms with van der Waals surface area (Å²) in [4.78, 5) is 4.05. The van der Waals surface area contributed by atoms with Crippen molar-refractivity contribution in [3.05, 3.63) is 40.7 Å². The first-order valence-electron chi connectivity index (χ1n) is 5.60. The van der Waals surface area contributed by atoms with E-state index in [-0.39, 0.29) is 5.56 Å². The summed E-state index contributed by atoms with van der Waals surface area (Å²) >= 11 is 1.28. The van der Waals surface area contributed by atoms with Crippen molar-refractivity contribution in [1.29, 1.82) is 0 Å². The maximum absolute atomic E-state index is 13.1. The van der Waals surface area contributed by atoms with Crippen molar-refractivity contribution in [1.82, 2.24) is 4.98 Å². The molecule has 0 spiro atoms. The van der Waals surface area contributed by atoms with Gasteiger partial charge in [0.25, 0.3) is 0 Å². The monoisotopic (exact) mass is 319 g/mol. The number of hydrogen-bond acceptors (Lipinski definition) is 5. The smallest absolute Gasteiger partial charge is 0.405 e. The Morgan fingerprint density at radius 2 is 2.14 bits per heavy atom. The predicted molar refractivity (Wildman–Crippen MR) is 71.2 cm³/mol. The third-order valence-electron chi connectivity index (χ3n) is 2.18. The molecule has 0 aliphatic carbocycles. The van der Waals surface area contributed by atoms with Gasteiger partial charge in [-0.25, -0.2) is 9.37 Å². The predicted octanol–water partition coefficient (Wildman–Crippen LogP) is 3.94. The van der Waals surface area contributed by atoms with Gasteiger partial charge in [-0.2, -0.15) is 5.10 Å². The Kier molecular flexibility index (Phi) is 4.41. The van der Waals surface area contributed by atoms with Crippen molar-refractivity contribution < 1.29 is 22.3 Å². The van der Waals surface area contributed by atoms with Gasteiger partial charge in [-0.1, -0.05) is 0 Å². The van der Waals surface area contributed by atoms with Crippen LogP contribution in [0.2, 0.25) is 0 Å². The normalized spacial score (nSPS) is 11.9. The Bertz CT molecular complexity index is 654. The third-order valence-corrected chi connectivity index (χ3v) is 3.05. The van der Waals surface area contributed by atoms with Crippen molar-refractivity contribution in [2.75, 3.05) is 5.43 Å². The van der Waals surface area contributed by atoms with Gasteiger partial charge in [-0.05, 0) is 25.1 Å². The molecule has 4 nitrogen and oxygen atoms in total. The van der Waals surface area contributed by atoms with E-state index in [0.717, 1.165) is 30.1 Å². The van der Waals surface area contributed by atoms with Crippen molar-refractivity contribution in [2.45, 2.75) is 13.3 Å². The molecule has 2 aromatic rings. The number of halogens is 4. The van der Waals surface area contributed by atoms with Gasteiger partial charge in [0.05, 0.1) is 11.9 Å². The van der Waals surface area contributed by atoms with Gasteiger partial charge in [0, 0.05) is 10.9 Å². The molecular formula is C12H9F4N3OS.